The third kappa shape index (κ3) is 6.67. The predicted octanol–water partition coefficient (Wildman–Crippen LogP) is 2.19. The number of rotatable bonds is 6. The van der Waals surface area contributed by atoms with Gasteiger partial charge in [0.25, 0.3) is 0 Å². The Morgan fingerprint density at radius 2 is 2.03 bits per heavy atom. The maximum Gasteiger partial charge on any atom is 0.242 e. The molecule has 1 aliphatic heterocycles. The lowest BCUT2D eigenvalue weighted by atomic mass is 10.00. The van der Waals surface area contributed by atoms with E-state index in [9.17, 15) is 8.42 Å². The third-order valence-electron chi connectivity index (χ3n) is 5.17. The number of morpholine rings is 1. The van der Waals surface area contributed by atoms with Crippen LogP contribution in [-0.4, -0.2) is 63.7 Å². The van der Waals surface area contributed by atoms with E-state index in [2.05, 4.69) is 52.0 Å². The first kappa shape index (κ1) is 25.6. The van der Waals surface area contributed by atoms with E-state index in [1.54, 1.807) is 37.1 Å². The molecule has 31 heavy (non-hydrogen) atoms. The number of nitrogens with one attached hydrogen (secondary N) is 2. The first-order chi connectivity index (χ1) is 14.3. The van der Waals surface area contributed by atoms with Gasteiger partial charge in [0.15, 0.2) is 5.96 Å². The van der Waals surface area contributed by atoms with E-state index in [0.29, 0.717) is 19.7 Å². The Hall–Kier alpha value is -1.63. The molecular weight excluding hydrogens is 529 g/mol. The maximum atomic E-state index is 12.3. The van der Waals surface area contributed by atoms with E-state index in [4.69, 9.17) is 4.74 Å². The molecule has 2 N–H and O–H groups in total. The monoisotopic (exact) mass is 561 g/mol. The van der Waals surface area contributed by atoms with Crippen molar-refractivity contribution >= 4 is 40.0 Å². The number of aryl methyl sites for hydroxylation is 3. The summed E-state index contributed by atoms with van der Waals surface area (Å²) in [5, 5.41) is 3.25. The summed E-state index contributed by atoms with van der Waals surface area (Å²) in [5.41, 5.74) is 3.65. The minimum atomic E-state index is -3.51. The van der Waals surface area contributed by atoms with Crippen LogP contribution < -0.4 is 10.0 Å². The smallest absolute Gasteiger partial charge is 0.242 e. The first-order valence-electron chi connectivity index (χ1n) is 10.1. The van der Waals surface area contributed by atoms with Crippen molar-refractivity contribution in [2.24, 2.45) is 12.0 Å². The highest BCUT2D eigenvalue weighted by Gasteiger charge is 2.25. The van der Waals surface area contributed by atoms with Crippen LogP contribution in [0.1, 0.15) is 22.8 Å². The fourth-order valence-corrected chi connectivity index (χ4v) is 4.71. The SMILES string of the molecule is CN=C(NCCNS(=O)(=O)c1ccn(C)c1)N1CCOC(c2ccc(C)cc2C)C1.I. The zero-order valence-electron chi connectivity index (χ0n) is 18.5. The summed E-state index contributed by atoms with van der Waals surface area (Å²) in [4.78, 5) is 6.78. The Labute approximate surface area is 202 Å². The Morgan fingerprint density at radius 1 is 1.26 bits per heavy atom. The average Bonchev–Trinajstić information content (AvgIpc) is 3.15. The Kier molecular flexibility index (Phi) is 9.34. The van der Waals surface area contributed by atoms with E-state index in [1.165, 1.54) is 16.7 Å². The van der Waals surface area contributed by atoms with Crippen LogP contribution in [0.3, 0.4) is 0 Å². The van der Waals surface area contributed by atoms with Crippen LogP contribution in [0.5, 0.6) is 0 Å². The Bertz CT molecular complexity index is 1010. The van der Waals surface area contributed by atoms with Crippen LogP contribution >= 0.6 is 24.0 Å². The quantitative estimate of drug-likeness (QED) is 0.245. The molecule has 8 nitrogen and oxygen atoms in total. The maximum absolute atomic E-state index is 12.3. The minimum absolute atomic E-state index is 0. The van der Waals surface area contributed by atoms with Gasteiger partial charge < -0.3 is 19.5 Å². The molecule has 1 aromatic carbocycles. The van der Waals surface area contributed by atoms with Crippen molar-refractivity contribution in [1.29, 1.82) is 0 Å². The molecule has 1 atom stereocenters. The van der Waals surface area contributed by atoms with Gasteiger partial charge in [-0.1, -0.05) is 23.8 Å². The number of guanidine groups is 1. The molecule has 0 saturated carbocycles. The molecule has 0 radical (unpaired) electrons. The van der Waals surface area contributed by atoms with Crippen molar-refractivity contribution in [2.45, 2.75) is 24.8 Å². The Balaban J connectivity index is 0.00000341. The Morgan fingerprint density at radius 3 is 2.68 bits per heavy atom. The second-order valence-corrected chi connectivity index (χ2v) is 9.32. The van der Waals surface area contributed by atoms with E-state index >= 15 is 0 Å². The molecule has 1 saturated heterocycles. The second kappa shape index (κ2) is 11.3. The molecule has 0 bridgehead atoms. The molecule has 1 aliphatic rings. The van der Waals surface area contributed by atoms with Gasteiger partial charge in [-0.25, -0.2) is 13.1 Å². The van der Waals surface area contributed by atoms with Crippen LogP contribution in [0, 0.1) is 13.8 Å². The van der Waals surface area contributed by atoms with Gasteiger partial charge in [-0.15, -0.1) is 24.0 Å². The zero-order chi connectivity index (χ0) is 21.7. The van der Waals surface area contributed by atoms with Gasteiger partial charge in [-0.3, -0.25) is 4.99 Å². The van der Waals surface area contributed by atoms with Crippen LogP contribution in [0.15, 0.2) is 46.5 Å². The highest BCUT2D eigenvalue weighted by Crippen LogP contribution is 2.25. The lowest BCUT2D eigenvalue weighted by molar-refractivity contribution is -0.00829. The van der Waals surface area contributed by atoms with Crippen molar-refractivity contribution in [2.75, 3.05) is 39.8 Å². The molecule has 2 heterocycles. The van der Waals surface area contributed by atoms with E-state index in [1.807, 2.05) is 0 Å². The molecule has 0 spiro atoms. The van der Waals surface area contributed by atoms with Gasteiger partial charge in [-0.2, -0.15) is 0 Å². The molecule has 172 valence electrons. The fraction of sp³-hybridized carbons (Fsp3) is 0.476. The normalized spacial score (nSPS) is 17.4. The number of aliphatic imine (C=N–C) groups is 1. The molecule has 3 rings (SSSR count). The molecule has 10 heteroatoms. The summed E-state index contributed by atoms with van der Waals surface area (Å²) in [6.45, 7) is 6.93. The highest BCUT2D eigenvalue weighted by molar-refractivity contribution is 14.0. The van der Waals surface area contributed by atoms with Gasteiger partial charge in [-0.05, 0) is 31.0 Å². The molecule has 1 unspecified atom stereocenters. The molecule has 1 fully saturated rings. The highest BCUT2D eigenvalue weighted by atomic mass is 127. The summed E-state index contributed by atoms with van der Waals surface area (Å²) < 4.78 is 35.0. The van der Waals surface area contributed by atoms with Crippen LogP contribution in [0.4, 0.5) is 0 Å². The lowest BCUT2D eigenvalue weighted by Gasteiger charge is -2.35. The van der Waals surface area contributed by atoms with Gasteiger partial charge in [0.1, 0.15) is 6.10 Å². The van der Waals surface area contributed by atoms with E-state index in [-0.39, 0.29) is 41.5 Å². The van der Waals surface area contributed by atoms with Gasteiger partial charge in [0, 0.05) is 46.1 Å². The van der Waals surface area contributed by atoms with Crippen molar-refractivity contribution in [3.8, 4) is 0 Å². The van der Waals surface area contributed by atoms with E-state index < -0.39 is 10.0 Å². The van der Waals surface area contributed by atoms with Crippen LogP contribution in [0.25, 0.3) is 0 Å². The van der Waals surface area contributed by atoms with Gasteiger partial charge in [0.05, 0.1) is 18.0 Å². The lowest BCUT2D eigenvalue weighted by Crippen LogP contribution is -2.49. The van der Waals surface area contributed by atoms with E-state index in [0.717, 1.165) is 12.5 Å². The summed E-state index contributed by atoms with van der Waals surface area (Å²) in [7, 11) is 0.0177. The molecule has 0 amide bonds. The number of hydrogen-bond acceptors (Lipinski definition) is 4. The minimum Gasteiger partial charge on any atom is -0.370 e. The first-order valence-corrected chi connectivity index (χ1v) is 11.5. The molecular formula is C21H32IN5O3S. The molecule has 0 aliphatic carbocycles. The summed E-state index contributed by atoms with van der Waals surface area (Å²) in [6, 6.07) is 7.99. The van der Waals surface area contributed by atoms with Crippen molar-refractivity contribution in [3.05, 3.63) is 53.3 Å². The third-order valence-corrected chi connectivity index (χ3v) is 6.61. The number of aromatic nitrogens is 1. The zero-order valence-corrected chi connectivity index (χ0v) is 21.6. The fourth-order valence-electron chi connectivity index (χ4n) is 3.63. The number of sulfonamides is 1. The second-order valence-electron chi connectivity index (χ2n) is 7.55. The molecule has 1 aromatic heterocycles. The van der Waals surface area contributed by atoms with Gasteiger partial charge in [0.2, 0.25) is 10.0 Å². The van der Waals surface area contributed by atoms with Gasteiger partial charge >= 0.3 is 0 Å². The van der Waals surface area contributed by atoms with Crippen molar-refractivity contribution in [3.63, 3.8) is 0 Å². The average molecular weight is 561 g/mol. The van der Waals surface area contributed by atoms with Crippen LogP contribution in [-0.2, 0) is 21.8 Å². The van der Waals surface area contributed by atoms with Crippen molar-refractivity contribution in [1.82, 2.24) is 19.5 Å². The largest absolute Gasteiger partial charge is 0.370 e. The number of hydrogen-bond donors (Lipinski definition) is 2. The molecule has 2 aromatic rings. The standard InChI is InChI=1S/C21H31N5O3S.HI/c1-16-5-6-19(17(2)13-16)20-15-26(11-12-29-20)21(22-3)23-8-9-24-30(27,28)18-7-10-25(4)14-18;/h5-7,10,13-14,20,24H,8-9,11-12,15H2,1-4H3,(H,22,23);1H. The summed E-state index contributed by atoms with van der Waals surface area (Å²) in [6.07, 6.45) is 3.27. The number of nitrogens with zero attached hydrogens (tertiary/aromatic N) is 3. The van der Waals surface area contributed by atoms with Crippen LogP contribution in [0.2, 0.25) is 0 Å². The van der Waals surface area contributed by atoms with Crippen molar-refractivity contribution < 1.29 is 13.2 Å². The summed E-state index contributed by atoms with van der Waals surface area (Å²) >= 11 is 0. The predicted molar refractivity (Wildman–Crippen MR) is 134 cm³/mol. The topological polar surface area (TPSA) is 88.0 Å². The summed E-state index contributed by atoms with van der Waals surface area (Å²) in [5.74, 6) is 0.743. The number of ether oxygens (including phenoxy) is 1. The number of benzene rings is 1. The number of halogens is 1.